The molecule has 2 saturated heterocycles. The van der Waals surface area contributed by atoms with E-state index in [-0.39, 0.29) is 5.54 Å². The van der Waals surface area contributed by atoms with Gasteiger partial charge in [-0.25, -0.2) is 4.67 Å². The lowest BCUT2D eigenvalue weighted by molar-refractivity contribution is 0.249. The maximum Gasteiger partial charge on any atom is 0.218 e. The van der Waals surface area contributed by atoms with Crippen LogP contribution in [0.4, 0.5) is 5.69 Å². The van der Waals surface area contributed by atoms with Crippen LogP contribution in [0.1, 0.15) is 26.7 Å². The molecule has 2 fully saturated rings. The Kier molecular flexibility index (Phi) is 5.26. The Morgan fingerprint density at radius 3 is 2.77 bits per heavy atom. The van der Waals surface area contributed by atoms with Gasteiger partial charge in [-0.2, -0.15) is 0 Å². The predicted molar refractivity (Wildman–Crippen MR) is 111 cm³/mol. The van der Waals surface area contributed by atoms with Crippen molar-refractivity contribution in [2.24, 2.45) is 10.9 Å². The van der Waals surface area contributed by atoms with Crippen LogP contribution in [0.2, 0.25) is 0 Å². The first-order valence-corrected chi connectivity index (χ1v) is 10.7. The minimum Gasteiger partial charge on any atom is -0.324 e. The molecule has 2 atom stereocenters. The molecule has 138 valence electrons. The van der Waals surface area contributed by atoms with Gasteiger partial charge in [0.25, 0.3) is 0 Å². The number of hydrogen-bond donors (Lipinski definition) is 0. The second-order valence-corrected chi connectivity index (χ2v) is 9.60. The number of nitrogens with zero attached hydrogens (tertiary/aromatic N) is 3. The zero-order chi connectivity index (χ0) is 18.0. The summed E-state index contributed by atoms with van der Waals surface area (Å²) in [6.45, 7) is 7.19. The van der Waals surface area contributed by atoms with Gasteiger partial charge in [-0.1, -0.05) is 42.5 Å². The summed E-state index contributed by atoms with van der Waals surface area (Å²) >= 11 is 0. The highest BCUT2D eigenvalue weighted by Gasteiger charge is 2.44. The van der Waals surface area contributed by atoms with Crippen molar-refractivity contribution in [1.82, 2.24) is 4.67 Å². The molecule has 1 aromatic rings. The molecule has 4 nitrogen and oxygen atoms in total. The molecule has 1 aliphatic carbocycles. The van der Waals surface area contributed by atoms with Crippen molar-refractivity contribution < 1.29 is 4.52 Å². The zero-order valence-electron chi connectivity index (χ0n) is 15.7. The topological polar surface area (TPSA) is 28.1 Å². The molecule has 1 unspecified atom stereocenters. The Morgan fingerprint density at radius 1 is 1.23 bits per heavy atom. The molecule has 2 heterocycles. The second-order valence-electron chi connectivity index (χ2n) is 7.84. The van der Waals surface area contributed by atoms with E-state index < -0.39 is 8.45 Å². The van der Waals surface area contributed by atoms with E-state index in [2.05, 4.69) is 77.8 Å². The van der Waals surface area contributed by atoms with Gasteiger partial charge in [0.15, 0.2) is 0 Å². The summed E-state index contributed by atoms with van der Waals surface area (Å²) in [6, 6.07) is 11.3. The van der Waals surface area contributed by atoms with Crippen LogP contribution in [-0.2, 0) is 4.52 Å². The molecule has 0 saturated carbocycles. The van der Waals surface area contributed by atoms with E-state index in [1.54, 1.807) is 0 Å². The molecular weight excluding hydrogens is 341 g/mol. The molecule has 0 radical (unpaired) electrons. The van der Waals surface area contributed by atoms with Crippen molar-refractivity contribution in [2.45, 2.75) is 38.3 Å². The first kappa shape index (κ1) is 17.9. The Balaban J connectivity index is 1.44. The van der Waals surface area contributed by atoms with E-state index in [1.165, 1.54) is 18.5 Å². The highest BCUT2D eigenvalue weighted by Crippen LogP contribution is 2.57. The standard InChI is InChI=1S/C21H28N3OP/c1-21(2,22-15-18-9-6-7-10-18)17-25-26-23-14-8-13-20(23)16-24(26)19-11-4-3-5-12-19/h3-7,9-12,15,18,20H,8,13-14,16-17H2,1-2H3/t20-,26?/m0/s1. The molecule has 2 aliphatic heterocycles. The summed E-state index contributed by atoms with van der Waals surface area (Å²) in [5.41, 5.74) is 1.06. The maximum atomic E-state index is 6.53. The van der Waals surface area contributed by atoms with Gasteiger partial charge in [0.2, 0.25) is 8.45 Å². The van der Waals surface area contributed by atoms with Crippen molar-refractivity contribution in [3.8, 4) is 0 Å². The summed E-state index contributed by atoms with van der Waals surface area (Å²) in [7, 11) is -0.746. The quantitative estimate of drug-likeness (QED) is 0.532. The van der Waals surface area contributed by atoms with E-state index in [0.717, 1.165) is 13.1 Å². The summed E-state index contributed by atoms with van der Waals surface area (Å²) in [4.78, 5) is 4.80. The van der Waals surface area contributed by atoms with Crippen LogP contribution in [0.25, 0.3) is 0 Å². The van der Waals surface area contributed by atoms with Crippen LogP contribution in [0.3, 0.4) is 0 Å². The van der Waals surface area contributed by atoms with Crippen LogP contribution in [0.15, 0.2) is 59.6 Å². The van der Waals surface area contributed by atoms with Crippen molar-refractivity contribution in [2.75, 3.05) is 24.4 Å². The lowest BCUT2D eigenvalue weighted by atomic mass is 10.1. The first-order valence-electron chi connectivity index (χ1n) is 9.55. The largest absolute Gasteiger partial charge is 0.324 e. The van der Waals surface area contributed by atoms with Crippen LogP contribution < -0.4 is 4.67 Å². The van der Waals surface area contributed by atoms with Gasteiger partial charge >= 0.3 is 0 Å². The highest BCUT2D eigenvalue weighted by atomic mass is 31.2. The molecule has 26 heavy (non-hydrogen) atoms. The molecule has 5 heteroatoms. The van der Waals surface area contributed by atoms with Gasteiger partial charge in [-0.05, 0) is 38.8 Å². The second kappa shape index (κ2) is 7.64. The third-order valence-corrected chi connectivity index (χ3v) is 7.25. The van der Waals surface area contributed by atoms with Crippen molar-refractivity contribution in [3.05, 3.63) is 54.6 Å². The molecule has 0 aromatic heterocycles. The fraction of sp³-hybridized carbons (Fsp3) is 0.476. The van der Waals surface area contributed by atoms with E-state index >= 15 is 0 Å². The van der Waals surface area contributed by atoms with Gasteiger partial charge in [0.1, 0.15) is 0 Å². The highest BCUT2D eigenvalue weighted by molar-refractivity contribution is 7.52. The number of aliphatic imine (C=N–C) groups is 1. The lowest BCUT2D eigenvalue weighted by Gasteiger charge is -2.31. The fourth-order valence-corrected chi connectivity index (χ4v) is 6.11. The molecule has 4 rings (SSSR count). The Morgan fingerprint density at radius 2 is 2.00 bits per heavy atom. The summed E-state index contributed by atoms with van der Waals surface area (Å²) in [5, 5.41) is 0. The Labute approximate surface area is 158 Å². The lowest BCUT2D eigenvalue weighted by Crippen LogP contribution is -2.27. The van der Waals surface area contributed by atoms with E-state index in [1.807, 2.05) is 6.21 Å². The SMILES string of the molecule is CC(C)(COP1N(c2ccccc2)C[C@@H]2CCCN21)N=CC1C=CC=C1. The fourth-order valence-electron chi connectivity index (χ4n) is 3.68. The summed E-state index contributed by atoms with van der Waals surface area (Å²) < 4.78 is 11.6. The minimum atomic E-state index is -0.746. The summed E-state index contributed by atoms with van der Waals surface area (Å²) in [5.74, 6) is 0.329. The number of fused-ring (bicyclic) bond motifs is 1. The van der Waals surface area contributed by atoms with E-state index in [9.17, 15) is 0 Å². The average molecular weight is 369 g/mol. The number of hydrogen-bond acceptors (Lipinski definition) is 4. The van der Waals surface area contributed by atoms with Crippen LogP contribution in [0.5, 0.6) is 0 Å². The van der Waals surface area contributed by atoms with Crippen LogP contribution in [-0.4, -0.2) is 42.2 Å². The molecule has 3 aliphatic rings. The third-order valence-electron chi connectivity index (χ3n) is 5.12. The monoisotopic (exact) mass is 369 g/mol. The number of benzene rings is 1. The number of anilines is 1. The average Bonchev–Trinajstić information content (AvgIpc) is 3.36. The molecule has 0 bridgehead atoms. The van der Waals surface area contributed by atoms with Gasteiger partial charge in [-0.15, -0.1) is 0 Å². The van der Waals surface area contributed by atoms with Crippen LogP contribution in [0, 0.1) is 5.92 Å². The molecule has 1 aromatic carbocycles. The van der Waals surface area contributed by atoms with Gasteiger partial charge in [0, 0.05) is 37.0 Å². The van der Waals surface area contributed by atoms with Crippen LogP contribution >= 0.6 is 8.45 Å². The van der Waals surface area contributed by atoms with Crippen molar-refractivity contribution in [3.63, 3.8) is 0 Å². The number of rotatable bonds is 6. The predicted octanol–water partition coefficient (Wildman–Crippen LogP) is 4.81. The number of para-hydroxylation sites is 1. The van der Waals surface area contributed by atoms with Gasteiger partial charge in [0.05, 0.1) is 12.1 Å². The smallest absolute Gasteiger partial charge is 0.218 e. The maximum absolute atomic E-state index is 6.53. The Bertz CT molecular complexity index is 688. The summed E-state index contributed by atoms with van der Waals surface area (Å²) in [6.07, 6.45) is 13.1. The van der Waals surface area contributed by atoms with E-state index in [4.69, 9.17) is 9.52 Å². The van der Waals surface area contributed by atoms with Gasteiger partial charge < -0.3 is 9.19 Å². The Hall–Kier alpha value is -1.48. The molecule has 0 amide bonds. The van der Waals surface area contributed by atoms with Gasteiger partial charge in [-0.3, -0.25) is 4.99 Å². The van der Waals surface area contributed by atoms with Crippen molar-refractivity contribution in [1.29, 1.82) is 0 Å². The normalized spacial score (nSPS) is 26.5. The molecule has 0 N–H and O–H groups in total. The zero-order valence-corrected chi connectivity index (χ0v) is 16.6. The van der Waals surface area contributed by atoms with Crippen molar-refractivity contribution >= 4 is 20.4 Å². The molecule has 0 spiro atoms. The molecular formula is C21H28N3OP. The third kappa shape index (κ3) is 3.93. The minimum absolute atomic E-state index is 0.216. The number of allylic oxidation sites excluding steroid dienone is 4. The van der Waals surface area contributed by atoms with E-state index in [0.29, 0.717) is 18.6 Å². The first-order chi connectivity index (χ1) is 12.6.